The summed E-state index contributed by atoms with van der Waals surface area (Å²) in [5.41, 5.74) is 0.567. The monoisotopic (exact) mass is 214 g/mol. The first kappa shape index (κ1) is 6.79. The van der Waals surface area contributed by atoms with Crippen molar-refractivity contribution in [2.75, 3.05) is 0 Å². The Morgan fingerprint density at radius 3 is 3.18 bits per heavy atom. The van der Waals surface area contributed by atoms with Gasteiger partial charge >= 0.3 is 0 Å². The first-order valence-corrected chi connectivity index (χ1v) is 3.86. The average molecular weight is 215 g/mol. The van der Waals surface area contributed by atoms with Crippen molar-refractivity contribution in [2.24, 2.45) is 0 Å². The number of rotatable bonds is 0. The highest BCUT2D eigenvalue weighted by Crippen LogP contribution is 2.17. The molecule has 2 nitrogen and oxygen atoms in total. The normalized spacial score (nSPS) is 10.7. The summed E-state index contributed by atoms with van der Waals surface area (Å²) in [6, 6.07) is 3.00. The molecule has 2 rings (SSSR count). The van der Waals surface area contributed by atoms with Gasteiger partial charge < -0.3 is 4.98 Å². The summed E-state index contributed by atoms with van der Waals surface area (Å²) < 4.78 is 13.5. The Morgan fingerprint density at radius 2 is 2.36 bits per heavy atom. The number of nitrogens with zero attached hydrogens (tertiary/aromatic N) is 1. The van der Waals surface area contributed by atoms with Gasteiger partial charge in [-0.15, -0.1) is 0 Å². The number of fused-ring (bicyclic) bond motifs is 1. The van der Waals surface area contributed by atoms with E-state index in [0.717, 1.165) is 0 Å². The number of aromatic nitrogens is 2. The molecule has 0 aliphatic carbocycles. The van der Waals surface area contributed by atoms with Gasteiger partial charge in [-0.05, 0) is 22.0 Å². The van der Waals surface area contributed by atoms with Gasteiger partial charge in [0, 0.05) is 12.3 Å². The van der Waals surface area contributed by atoms with Gasteiger partial charge in [-0.1, -0.05) is 0 Å². The molecule has 0 unspecified atom stereocenters. The summed E-state index contributed by atoms with van der Waals surface area (Å²) in [6.45, 7) is 0. The molecule has 1 N–H and O–H groups in total. The predicted octanol–water partition coefficient (Wildman–Crippen LogP) is 2.46. The number of hydrogen-bond donors (Lipinski definition) is 1. The number of pyridine rings is 1. The van der Waals surface area contributed by atoms with Crippen molar-refractivity contribution in [1.82, 2.24) is 9.97 Å². The fourth-order valence-electron chi connectivity index (χ4n) is 0.967. The van der Waals surface area contributed by atoms with Crippen LogP contribution in [0.1, 0.15) is 0 Å². The zero-order valence-corrected chi connectivity index (χ0v) is 7.02. The molecule has 0 fully saturated rings. The van der Waals surface area contributed by atoms with Gasteiger partial charge in [0.15, 0.2) is 0 Å². The minimum Gasteiger partial charge on any atom is -0.346 e. The lowest BCUT2D eigenvalue weighted by Gasteiger charge is -1.92. The summed E-state index contributed by atoms with van der Waals surface area (Å²) in [5.74, 6) is -0.261. The van der Waals surface area contributed by atoms with Crippen LogP contribution in [0.4, 0.5) is 4.39 Å². The maximum atomic E-state index is 13.0. The van der Waals surface area contributed by atoms with Crippen LogP contribution in [-0.2, 0) is 0 Å². The number of aromatic amines is 1. The van der Waals surface area contributed by atoms with Gasteiger partial charge in [0.05, 0.1) is 5.39 Å². The quantitative estimate of drug-likeness (QED) is 0.671. The highest BCUT2D eigenvalue weighted by molar-refractivity contribution is 9.10. The van der Waals surface area contributed by atoms with Gasteiger partial charge in [0.1, 0.15) is 16.1 Å². The van der Waals surface area contributed by atoms with E-state index < -0.39 is 0 Å². The van der Waals surface area contributed by atoms with Crippen molar-refractivity contribution in [2.45, 2.75) is 0 Å². The third-order valence-electron chi connectivity index (χ3n) is 1.45. The van der Waals surface area contributed by atoms with Crippen molar-refractivity contribution in [3.8, 4) is 0 Å². The molecule has 2 aromatic rings. The molecule has 4 heteroatoms. The molecule has 0 saturated heterocycles. The van der Waals surface area contributed by atoms with Crippen LogP contribution in [0.3, 0.4) is 0 Å². The van der Waals surface area contributed by atoms with Gasteiger partial charge in [-0.3, -0.25) is 0 Å². The van der Waals surface area contributed by atoms with Crippen molar-refractivity contribution in [3.63, 3.8) is 0 Å². The Labute approximate surface area is 70.6 Å². The van der Waals surface area contributed by atoms with Crippen LogP contribution >= 0.6 is 15.9 Å². The minimum absolute atomic E-state index is 0.261. The van der Waals surface area contributed by atoms with E-state index in [4.69, 9.17) is 0 Å². The van der Waals surface area contributed by atoms with Crippen LogP contribution in [0, 0.1) is 5.82 Å². The van der Waals surface area contributed by atoms with E-state index >= 15 is 0 Å². The summed E-state index contributed by atoms with van der Waals surface area (Å²) in [6.07, 6.45) is 1.66. The largest absolute Gasteiger partial charge is 0.346 e. The third-order valence-corrected chi connectivity index (χ3v) is 1.85. The van der Waals surface area contributed by atoms with E-state index in [9.17, 15) is 4.39 Å². The fraction of sp³-hybridized carbons (Fsp3) is 0. The number of H-pyrrole nitrogens is 1. The minimum atomic E-state index is -0.261. The standard InChI is InChI=1S/C7H4BrFN2/c8-6-3-5(9)4-1-2-10-7(4)11-6/h1-3H,(H,10,11). The van der Waals surface area contributed by atoms with E-state index in [1.165, 1.54) is 6.07 Å². The lowest BCUT2D eigenvalue weighted by molar-refractivity contribution is 0.637. The molecule has 0 amide bonds. The van der Waals surface area contributed by atoms with E-state index in [2.05, 4.69) is 25.9 Å². The van der Waals surface area contributed by atoms with E-state index in [1.54, 1.807) is 12.3 Å². The maximum absolute atomic E-state index is 13.0. The summed E-state index contributed by atoms with van der Waals surface area (Å²) in [7, 11) is 0. The Bertz CT molecular complexity index is 396. The molecule has 0 aliphatic heterocycles. The smallest absolute Gasteiger partial charge is 0.141 e. The van der Waals surface area contributed by atoms with E-state index in [0.29, 0.717) is 15.6 Å². The molecule has 0 bridgehead atoms. The van der Waals surface area contributed by atoms with Crippen LogP contribution in [0.5, 0.6) is 0 Å². The van der Waals surface area contributed by atoms with Crippen LogP contribution in [0.2, 0.25) is 0 Å². The van der Waals surface area contributed by atoms with Gasteiger partial charge in [-0.25, -0.2) is 9.37 Å². The number of hydrogen-bond acceptors (Lipinski definition) is 1. The second kappa shape index (κ2) is 2.30. The Morgan fingerprint density at radius 1 is 1.55 bits per heavy atom. The summed E-state index contributed by atoms with van der Waals surface area (Å²) in [5, 5.41) is 0.521. The summed E-state index contributed by atoms with van der Waals surface area (Å²) >= 11 is 3.10. The van der Waals surface area contributed by atoms with Crippen molar-refractivity contribution in [3.05, 3.63) is 28.7 Å². The molecule has 2 aromatic heterocycles. The zero-order chi connectivity index (χ0) is 7.84. The SMILES string of the molecule is Fc1cc(Br)nc2[nH]ccc12. The van der Waals surface area contributed by atoms with Gasteiger partial charge in [0.2, 0.25) is 0 Å². The highest BCUT2D eigenvalue weighted by atomic mass is 79.9. The first-order valence-electron chi connectivity index (χ1n) is 3.06. The van der Waals surface area contributed by atoms with Crippen molar-refractivity contribution < 1.29 is 4.39 Å². The Hall–Kier alpha value is -0.900. The van der Waals surface area contributed by atoms with Crippen LogP contribution in [0.15, 0.2) is 22.9 Å². The topological polar surface area (TPSA) is 28.7 Å². The molecule has 56 valence electrons. The second-order valence-electron chi connectivity index (χ2n) is 2.17. The molecule has 0 radical (unpaired) electrons. The van der Waals surface area contributed by atoms with Gasteiger partial charge in [-0.2, -0.15) is 0 Å². The lowest BCUT2D eigenvalue weighted by atomic mass is 10.3. The zero-order valence-electron chi connectivity index (χ0n) is 5.44. The molecule has 2 heterocycles. The second-order valence-corrected chi connectivity index (χ2v) is 2.98. The molecule has 0 saturated carbocycles. The van der Waals surface area contributed by atoms with Crippen LogP contribution in [-0.4, -0.2) is 9.97 Å². The highest BCUT2D eigenvalue weighted by Gasteiger charge is 2.03. The van der Waals surface area contributed by atoms with Crippen molar-refractivity contribution in [1.29, 1.82) is 0 Å². The van der Waals surface area contributed by atoms with Gasteiger partial charge in [0.25, 0.3) is 0 Å². The molecule has 0 atom stereocenters. The lowest BCUT2D eigenvalue weighted by Crippen LogP contribution is -1.81. The number of nitrogens with one attached hydrogen (secondary N) is 1. The predicted molar refractivity (Wildman–Crippen MR) is 43.8 cm³/mol. The molecule has 0 spiro atoms. The molecule has 11 heavy (non-hydrogen) atoms. The maximum Gasteiger partial charge on any atom is 0.141 e. The molecule has 0 aliphatic rings. The third kappa shape index (κ3) is 1.03. The Balaban J connectivity index is 2.91. The Kier molecular flexibility index (Phi) is 1.42. The van der Waals surface area contributed by atoms with Crippen LogP contribution in [0.25, 0.3) is 11.0 Å². The molecular weight excluding hydrogens is 211 g/mol. The first-order chi connectivity index (χ1) is 5.27. The fourth-order valence-corrected chi connectivity index (χ4v) is 1.35. The molecule has 0 aromatic carbocycles. The summed E-state index contributed by atoms with van der Waals surface area (Å²) in [4.78, 5) is 6.84. The average Bonchev–Trinajstić information content (AvgIpc) is 2.34. The van der Waals surface area contributed by atoms with Crippen molar-refractivity contribution >= 4 is 27.0 Å². The number of halogens is 2. The van der Waals surface area contributed by atoms with E-state index in [1.807, 2.05) is 0 Å². The molecular formula is C7H4BrFN2. The van der Waals surface area contributed by atoms with Crippen LogP contribution < -0.4 is 0 Å². The van der Waals surface area contributed by atoms with E-state index in [-0.39, 0.29) is 5.82 Å².